The lowest BCUT2D eigenvalue weighted by Crippen LogP contribution is -2.20. The normalized spacial score (nSPS) is 16.5. The summed E-state index contributed by atoms with van der Waals surface area (Å²) in [6.45, 7) is 3.03. The van der Waals surface area contributed by atoms with Gasteiger partial charge >= 0.3 is 0 Å². The molecule has 0 fully saturated rings. The van der Waals surface area contributed by atoms with Crippen molar-refractivity contribution in [1.82, 2.24) is 5.32 Å². The third kappa shape index (κ3) is 2.24. The number of benzene rings is 3. The topological polar surface area (TPSA) is 12.0 Å². The average Bonchev–Trinajstić information content (AvgIpc) is 2.73. The molecule has 108 valence electrons. The molecular weight excluding hydrogens is 266 g/mol. The van der Waals surface area contributed by atoms with Crippen LogP contribution in [0, 0.1) is 6.92 Å². The van der Waals surface area contributed by atoms with Crippen LogP contribution in [0.3, 0.4) is 0 Å². The van der Waals surface area contributed by atoms with Crippen LogP contribution in [-0.2, 0) is 6.54 Å². The standard InChI is InChI=1S/C21H19N/c1-15-10-12-16(13-11-15)21-20-9-5-4-8-19(20)18-7-3-2-6-17(18)14-22-21/h2-13,21-22H,14H2,1H3. The zero-order valence-corrected chi connectivity index (χ0v) is 12.7. The molecule has 0 amide bonds. The number of hydrogen-bond acceptors (Lipinski definition) is 1. The predicted molar refractivity (Wildman–Crippen MR) is 91.7 cm³/mol. The second kappa shape index (κ2) is 5.43. The van der Waals surface area contributed by atoms with Crippen LogP contribution in [0.2, 0.25) is 0 Å². The fraction of sp³-hybridized carbons (Fsp3) is 0.143. The molecule has 0 aromatic heterocycles. The van der Waals surface area contributed by atoms with Crippen molar-refractivity contribution in [3.8, 4) is 11.1 Å². The first-order chi connectivity index (χ1) is 10.8. The van der Waals surface area contributed by atoms with Crippen LogP contribution in [0.1, 0.15) is 28.3 Å². The van der Waals surface area contributed by atoms with E-state index in [1.54, 1.807) is 0 Å². The maximum atomic E-state index is 3.73. The van der Waals surface area contributed by atoms with Gasteiger partial charge in [0.2, 0.25) is 0 Å². The van der Waals surface area contributed by atoms with Gasteiger partial charge in [0.25, 0.3) is 0 Å². The summed E-state index contributed by atoms with van der Waals surface area (Å²) in [7, 11) is 0. The van der Waals surface area contributed by atoms with Crippen molar-refractivity contribution < 1.29 is 0 Å². The molecule has 3 aromatic carbocycles. The van der Waals surface area contributed by atoms with Crippen LogP contribution in [0.5, 0.6) is 0 Å². The summed E-state index contributed by atoms with van der Waals surface area (Å²) < 4.78 is 0. The molecule has 1 heteroatoms. The lowest BCUT2D eigenvalue weighted by Gasteiger charge is -2.19. The molecule has 1 atom stereocenters. The summed E-state index contributed by atoms with van der Waals surface area (Å²) >= 11 is 0. The minimum absolute atomic E-state index is 0.240. The monoisotopic (exact) mass is 285 g/mol. The Kier molecular flexibility index (Phi) is 3.28. The molecule has 0 saturated heterocycles. The summed E-state index contributed by atoms with van der Waals surface area (Å²) in [6, 6.07) is 26.5. The van der Waals surface area contributed by atoms with E-state index in [1.807, 2.05) is 0 Å². The number of rotatable bonds is 1. The van der Waals surface area contributed by atoms with E-state index in [-0.39, 0.29) is 6.04 Å². The Morgan fingerprint density at radius 1 is 0.773 bits per heavy atom. The largest absolute Gasteiger partial charge is 0.302 e. The van der Waals surface area contributed by atoms with Crippen LogP contribution in [0.4, 0.5) is 0 Å². The smallest absolute Gasteiger partial charge is 0.0585 e. The Bertz CT molecular complexity index is 802. The van der Waals surface area contributed by atoms with Crippen molar-refractivity contribution in [2.45, 2.75) is 19.5 Å². The van der Waals surface area contributed by atoms with E-state index in [0.29, 0.717) is 0 Å². The molecule has 0 bridgehead atoms. The molecule has 0 spiro atoms. The minimum atomic E-state index is 0.240. The Morgan fingerprint density at radius 3 is 2.27 bits per heavy atom. The second-order valence-corrected chi connectivity index (χ2v) is 5.97. The molecule has 1 unspecified atom stereocenters. The third-order valence-electron chi connectivity index (χ3n) is 4.49. The average molecular weight is 285 g/mol. The molecule has 1 aliphatic rings. The van der Waals surface area contributed by atoms with Crippen LogP contribution < -0.4 is 5.32 Å². The van der Waals surface area contributed by atoms with Crippen molar-refractivity contribution in [2.24, 2.45) is 0 Å². The molecule has 0 aliphatic carbocycles. The summed E-state index contributed by atoms with van der Waals surface area (Å²) in [5.41, 5.74) is 8.04. The predicted octanol–water partition coefficient (Wildman–Crippen LogP) is 4.85. The fourth-order valence-electron chi connectivity index (χ4n) is 3.31. The summed E-state index contributed by atoms with van der Waals surface area (Å²) in [4.78, 5) is 0. The Hall–Kier alpha value is -2.38. The van der Waals surface area contributed by atoms with Crippen molar-refractivity contribution in [3.05, 3.63) is 95.1 Å². The van der Waals surface area contributed by atoms with E-state index in [0.717, 1.165) is 6.54 Å². The lowest BCUT2D eigenvalue weighted by atomic mass is 9.91. The molecule has 3 aromatic rings. The van der Waals surface area contributed by atoms with Crippen LogP contribution >= 0.6 is 0 Å². The molecule has 22 heavy (non-hydrogen) atoms. The van der Waals surface area contributed by atoms with Gasteiger partial charge in [0.15, 0.2) is 0 Å². The molecule has 1 N–H and O–H groups in total. The van der Waals surface area contributed by atoms with E-state index >= 15 is 0 Å². The zero-order valence-electron chi connectivity index (χ0n) is 12.7. The van der Waals surface area contributed by atoms with Gasteiger partial charge in [-0.25, -0.2) is 0 Å². The second-order valence-electron chi connectivity index (χ2n) is 5.97. The number of nitrogens with one attached hydrogen (secondary N) is 1. The van der Waals surface area contributed by atoms with Crippen molar-refractivity contribution >= 4 is 0 Å². The van der Waals surface area contributed by atoms with Gasteiger partial charge in [0.1, 0.15) is 0 Å². The van der Waals surface area contributed by atoms with Gasteiger partial charge in [0.05, 0.1) is 6.04 Å². The quantitative estimate of drug-likeness (QED) is 0.673. The molecule has 0 saturated carbocycles. The van der Waals surface area contributed by atoms with Gasteiger partial charge in [-0.3, -0.25) is 0 Å². The van der Waals surface area contributed by atoms with Gasteiger partial charge in [-0.2, -0.15) is 0 Å². The van der Waals surface area contributed by atoms with Gasteiger partial charge in [-0.1, -0.05) is 78.4 Å². The van der Waals surface area contributed by atoms with Crippen LogP contribution in [0.25, 0.3) is 11.1 Å². The zero-order chi connectivity index (χ0) is 14.9. The van der Waals surface area contributed by atoms with E-state index in [2.05, 4.69) is 85.0 Å². The molecule has 0 radical (unpaired) electrons. The maximum Gasteiger partial charge on any atom is 0.0585 e. The van der Waals surface area contributed by atoms with Gasteiger partial charge in [0, 0.05) is 6.54 Å². The molecule has 1 aliphatic heterocycles. The van der Waals surface area contributed by atoms with E-state index < -0.39 is 0 Å². The van der Waals surface area contributed by atoms with E-state index in [1.165, 1.54) is 33.4 Å². The molecule has 4 rings (SSSR count). The maximum absolute atomic E-state index is 3.73. The first-order valence-electron chi connectivity index (χ1n) is 7.80. The Labute approximate surface area is 131 Å². The highest BCUT2D eigenvalue weighted by atomic mass is 14.9. The van der Waals surface area contributed by atoms with Crippen LogP contribution in [-0.4, -0.2) is 0 Å². The highest BCUT2D eigenvalue weighted by Gasteiger charge is 2.22. The van der Waals surface area contributed by atoms with Gasteiger partial charge < -0.3 is 5.32 Å². The summed E-state index contributed by atoms with van der Waals surface area (Å²) in [5.74, 6) is 0. The summed E-state index contributed by atoms with van der Waals surface area (Å²) in [6.07, 6.45) is 0. The number of aryl methyl sites for hydroxylation is 1. The van der Waals surface area contributed by atoms with Crippen molar-refractivity contribution in [3.63, 3.8) is 0 Å². The van der Waals surface area contributed by atoms with Gasteiger partial charge in [-0.05, 0) is 34.7 Å². The molecule has 1 heterocycles. The van der Waals surface area contributed by atoms with E-state index in [4.69, 9.17) is 0 Å². The van der Waals surface area contributed by atoms with Crippen molar-refractivity contribution in [1.29, 1.82) is 0 Å². The van der Waals surface area contributed by atoms with Gasteiger partial charge in [-0.15, -0.1) is 0 Å². The minimum Gasteiger partial charge on any atom is -0.302 e. The first-order valence-corrected chi connectivity index (χ1v) is 7.80. The highest BCUT2D eigenvalue weighted by molar-refractivity contribution is 5.72. The highest BCUT2D eigenvalue weighted by Crippen LogP contribution is 2.36. The number of hydrogen-bond donors (Lipinski definition) is 1. The SMILES string of the molecule is Cc1ccc(C2NCc3ccccc3-c3ccccc32)cc1. The molecule has 1 nitrogen and oxygen atoms in total. The molecular formula is C21H19N. The Balaban J connectivity index is 1.89. The Morgan fingerprint density at radius 2 is 1.45 bits per heavy atom. The van der Waals surface area contributed by atoms with Crippen molar-refractivity contribution in [2.75, 3.05) is 0 Å². The summed E-state index contributed by atoms with van der Waals surface area (Å²) in [5, 5.41) is 3.73. The van der Waals surface area contributed by atoms with E-state index in [9.17, 15) is 0 Å². The lowest BCUT2D eigenvalue weighted by molar-refractivity contribution is 0.613. The van der Waals surface area contributed by atoms with Crippen LogP contribution in [0.15, 0.2) is 72.8 Å². The first kappa shape index (κ1) is 13.3. The third-order valence-corrected chi connectivity index (χ3v) is 4.49. The fourth-order valence-corrected chi connectivity index (χ4v) is 3.31. The number of fused-ring (bicyclic) bond motifs is 3.